The van der Waals surface area contributed by atoms with Crippen LogP contribution >= 0.6 is 0 Å². The lowest BCUT2D eigenvalue weighted by atomic mass is 9.99. The Hall–Kier alpha value is -4.47. The summed E-state index contributed by atoms with van der Waals surface area (Å²) in [6, 6.07) is 13.1. The lowest BCUT2D eigenvalue weighted by molar-refractivity contribution is 0.0593. The third kappa shape index (κ3) is 4.95. The van der Waals surface area contributed by atoms with Crippen LogP contribution < -0.4 is 18.9 Å². The minimum Gasteiger partial charge on any atom is -0.493 e. The molecule has 0 aliphatic heterocycles. The average molecular weight is 507 g/mol. The van der Waals surface area contributed by atoms with Gasteiger partial charge in [0.25, 0.3) is 0 Å². The molecule has 2 aromatic carbocycles. The standard InChI is InChI=1S/C27H30N4O6/c1-7-19-25(17-8-10-21(33-2)23(14-17)35-4)29-31(16-30-13-12-20(28-30)27(32)37-6)26(19)18-9-11-22(34-3)24(15-18)36-5/h8-15H,7,16H2,1-6H3. The van der Waals surface area contributed by atoms with E-state index in [0.29, 0.717) is 29.4 Å². The molecule has 0 bridgehead atoms. The molecule has 0 spiro atoms. The van der Waals surface area contributed by atoms with E-state index in [1.54, 1.807) is 45.4 Å². The fraction of sp³-hybridized carbons (Fsp3) is 0.296. The second-order valence-corrected chi connectivity index (χ2v) is 8.04. The minimum absolute atomic E-state index is 0.221. The van der Waals surface area contributed by atoms with Gasteiger partial charge in [-0.3, -0.25) is 4.68 Å². The summed E-state index contributed by atoms with van der Waals surface area (Å²) in [5.41, 5.74) is 4.72. The Bertz CT molecular complexity index is 1410. The Labute approximate surface area is 215 Å². The first kappa shape index (κ1) is 25.6. The molecule has 0 saturated carbocycles. The highest BCUT2D eigenvalue weighted by molar-refractivity contribution is 5.86. The summed E-state index contributed by atoms with van der Waals surface area (Å²) in [5.74, 6) is 1.98. The number of methoxy groups -OCH3 is 5. The van der Waals surface area contributed by atoms with E-state index >= 15 is 0 Å². The molecule has 0 saturated heterocycles. The Morgan fingerprint density at radius 1 is 0.784 bits per heavy atom. The first-order chi connectivity index (χ1) is 18.0. The van der Waals surface area contributed by atoms with E-state index < -0.39 is 5.97 Å². The second kappa shape index (κ2) is 11.1. The quantitative estimate of drug-likeness (QED) is 0.294. The summed E-state index contributed by atoms with van der Waals surface area (Å²) in [6.45, 7) is 2.35. The molecular weight excluding hydrogens is 476 g/mol. The number of benzene rings is 2. The average Bonchev–Trinajstić information content (AvgIpc) is 3.56. The molecule has 2 heterocycles. The molecular formula is C27H30N4O6. The van der Waals surface area contributed by atoms with Crippen molar-refractivity contribution in [2.75, 3.05) is 35.5 Å². The predicted molar refractivity (Wildman–Crippen MR) is 138 cm³/mol. The molecule has 2 aromatic heterocycles. The highest BCUT2D eigenvalue weighted by Crippen LogP contribution is 2.39. The third-order valence-electron chi connectivity index (χ3n) is 6.03. The van der Waals surface area contributed by atoms with Gasteiger partial charge in [0.05, 0.1) is 46.9 Å². The maximum Gasteiger partial charge on any atom is 0.358 e. The molecule has 0 radical (unpaired) electrons. The van der Waals surface area contributed by atoms with Gasteiger partial charge in [-0.2, -0.15) is 10.2 Å². The number of carbonyl (C=O) groups is 1. The van der Waals surface area contributed by atoms with E-state index in [-0.39, 0.29) is 12.4 Å². The van der Waals surface area contributed by atoms with Crippen molar-refractivity contribution in [3.05, 3.63) is 59.9 Å². The summed E-state index contributed by atoms with van der Waals surface area (Å²) in [4.78, 5) is 11.9. The van der Waals surface area contributed by atoms with E-state index in [0.717, 1.165) is 28.1 Å². The normalized spacial score (nSPS) is 10.8. The molecule has 0 atom stereocenters. The van der Waals surface area contributed by atoms with Crippen molar-refractivity contribution in [1.82, 2.24) is 19.6 Å². The molecule has 194 valence electrons. The van der Waals surface area contributed by atoms with Crippen LogP contribution in [0.2, 0.25) is 0 Å². The Balaban J connectivity index is 1.90. The molecule has 37 heavy (non-hydrogen) atoms. The van der Waals surface area contributed by atoms with E-state index in [4.69, 9.17) is 28.8 Å². The van der Waals surface area contributed by atoms with Gasteiger partial charge in [-0.25, -0.2) is 9.48 Å². The summed E-state index contributed by atoms with van der Waals surface area (Å²) in [5, 5.41) is 9.36. The number of hydrogen-bond acceptors (Lipinski definition) is 8. The topological polar surface area (TPSA) is 98.9 Å². The Kier molecular flexibility index (Phi) is 7.66. The number of ether oxygens (including phenoxy) is 5. The summed E-state index contributed by atoms with van der Waals surface area (Å²) in [6.07, 6.45) is 2.42. The third-order valence-corrected chi connectivity index (χ3v) is 6.03. The van der Waals surface area contributed by atoms with Crippen LogP contribution in [0.5, 0.6) is 23.0 Å². The van der Waals surface area contributed by atoms with Gasteiger partial charge in [-0.1, -0.05) is 6.92 Å². The summed E-state index contributed by atoms with van der Waals surface area (Å²) >= 11 is 0. The van der Waals surface area contributed by atoms with Gasteiger partial charge in [-0.05, 0) is 48.9 Å². The molecule has 4 rings (SSSR count). The SMILES string of the molecule is CCc1c(-c2ccc(OC)c(OC)c2)nn(Cn2ccc(C(=O)OC)n2)c1-c1ccc(OC)c(OC)c1. The largest absolute Gasteiger partial charge is 0.493 e. The van der Waals surface area contributed by atoms with Crippen molar-refractivity contribution < 1.29 is 28.5 Å². The van der Waals surface area contributed by atoms with E-state index in [1.165, 1.54) is 7.11 Å². The van der Waals surface area contributed by atoms with Crippen molar-refractivity contribution >= 4 is 5.97 Å². The van der Waals surface area contributed by atoms with Gasteiger partial charge < -0.3 is 23.7 Å². The van der Waals surface area contributed by atoms with Crippen molar-refractivity contribution in [3.8, 4) is 45.5 Å². The van der Waals surface area contributed by atoms with Crippen LogP contribution in [0, 0.1) is 0 Å². The molecule has 4 aromatic rings. The summed E-state index contributed by atoms with van der Waals surface area (Å²) in [7, 11) is 7.74. The zero-order valence-electron chi connectivity index (χ0n) is 21.8. The Morgan fingerprint density at radius 3 is 1.95 bits per heavy atom. The van der Waals surface area contributed by atoms with Crippen LogP contribution in [0.1, 0.15) is 23.0 Å². The fourth-order valence-corrected chi connectivity index (χ4v) is 4.25. The molecule has 0 amide bonds. The van der Waals surface area contributed by atoms with Gasteiger partial charge in [0.1, 0.15) is 6.67 Å². The van der Waals surface area contributed by atoms with Gasteiger partial charge in [0.2, 0.25) is 0 Å². The van der Waals surface area contributed by atoms with Gasteiger partial charge >= 0.3 is 5.97 Å². The van der Waals surface area contributed by atoms with Gasteiger partial charge in [0, 0.05) is 22.9 Å². The van der Waals surface area contributed by atoms with E-state index in [9.17, 15) is 4.79 Å². The highest BCUT2D eigenvalue weighted by Gasteiger charge is 2.22. The zero-order valence-corrected chi connectivity index (χ0v) is 21.8. The van der Waals surface area contributed by atoms with E-state index in [1.807, 2.05) is 41.1 Å². The second-order valence-electron chi connectivity index (χ2n) is 8.04. The molecule has 0 N–H and O–H groups in total. The maximum absolute atomic E-state index is 11.9. The van der Waals surface area contributed by atoms with Crippen molar-refractivity contribution in [3.63, 3.8) is 0 Å². The number of carbonyl (C=O) groups excluding carboxylic acids is 1. The van der Waals surface area contributed by atoms with Crippen LogP contribution in [0.3, 0.4) is 0 Å². The molecule has 0 unspecified atom stereocenters. The van der Waals surface area contributed by atoms with Crippen LogP contribution in [0.4, 0.5) is 0 Å². The first-order valence-electron chi connectivity index (χ1n) is 11.6. The maximum atomic E-state index is 11.9. The number of hydrogen-bond donors (Lipinski definition) is 0. The minimum atomic E-state index is -0.500. The monoisotopic (exact) mass is 506 g/mol. The van der Waals surface area contributed by atoms with Crippen LogP contribution in [0.25, 0.3) is 22.5 Å². The molecule has 10 nitrogen and oxygen atoms in total. The Morgan fingerprint density at radius 2 is 1.38 bits per heavy atom. The fourth-order valence-electron chi connectivity index (χ4n) is 4.25. The van der Waals surface area contributed by atoms with Crippen molar-refractivity contribution in [2.24, 2.45) is 0 Å². The van der Waals surface area contributed by atoms with Crippen LogP contribution in [-0.4, -0.2) is 61.1 Å². The summed E-state index contributed by atoms with van der Waals surface area (Å²) < 4.78 is 30.2. The number of aromatic nitrogens is 4. The zero-order chi connectivity index (χ0) is 26.5. The van der Waals surface area contributed by atoms with Gasteiger partial charge in [-0.15, -0.1) is 0 Å². The van der Waals surface area contributed by atoms with Gasteiger partial charge in [0.15, 0.2) is 28.7 Å². The van der Waals surface area contributed by atoms with E-state index in [2.05, 4.69) is 12.0 Å². The first-order valence-corrected chi connectivity index (χ1v) is 11.6. The lowest BCUT2D eigenvalue weighted by Crippen LogP contribution is -2.13. The number of rotatable bonds is 10. The number of nitrogens with zero attached hydrogens (tertiary/aromatic N) is 4. The predicted octanol–water partition coefficient (Wildman–Crippen LogP) is 4.30. The van der Waals surface area contributed by atoms with Crippen LogP contribution in [-0.2, 0) is 17.8 Å². The van der Waals surface area contributed by atoms with Crippen molar-refractivity contribution in [1.29, 1.82) is 0 Å². The van der Waals surface area contributed by atoms with Crippen LogP contribution in [0.15, 0.2) is 48.7 Å². The smallest absolute Gasteiger partial charge is 0.358 e. The highest BCUT2D eigenvalue weighted by atomic mass is 16.5. The molecule has 10 heteroatoms. The molecule has 0 aliphatic carbocycles. The molecule has 0 aliphatic rings. The number of esters is 1. The molecule has 0 fully saturated rings. The van der Waals surface area contributed by atoms with Crippen molar-refractivity contribution in [2.45, 2.75) is 20.0 Å². The lowest BCUT2D eigenvalue weighted by Gasteiger charge is -2.13.